The number of nitrogens with zero attached hydrogens (tertiary/aromatic N) is 3. The number of ether oxygens (including phenoxy) is 1. The van der Waals surface area contributed by atoms with Crippen LogP contribution in [0.15, 0.2) is 66.9 Å². The summed E-state index contributed by atoms with van der Waals surface area (Å²) in [6, 6.07) is 17.1. The number of methoxy groups -OCH3 is 1. The Hall–Kier alpha value is -3.91. The van der Waals surface area contributed by atoms with Gasteiger partial charge in [-0.25, -0.2) is 4.98 Å². The van der Waals surface area contributed by atoms with Crippen molar-refractivity contribution in [2.24, 2.45) is 0 Å². The molecule has 0 aliphatic heterocycles. The van der Waals surface area contributed by atoms with Crippen molar-refractivity contribution in [1.29, 1.82) is 0 Å². The van der Waals surface area contributed by atoms with E-state index in [1.807, 2.05) is 40.9 Å². The number of carbonyl (C=O) groups excluding carboxylic acids is 1. The van der Waals surface area contributed by atoms with Gasteiger partial charge in [-0.05, 0) is 36.4 Å². The van der Waals surface area contributed by atoms with Crippen LogP contribution in [-0.2, 0) is 11.2 Å². The van der Waals surface area contributed by atoms with Crippen molar-refractivity contribution in [2.75, 3.05) is 12.4 Å². The van der Waals surface area contributed by atoms with Crippen molar-refractivity contribution in [3.05, 3.63) is 87.7 Å². The van der Waals surface area contributed by atoms with Gasteiger partial charge in [0.1, 0.15) is 5.65 Å². The average molecular weight is 437 g/mol. The van der Waals surface area contributed by atoms with Crippen LogP contribution < -0.4 is 10.1 Å². The second-order valence-electron chi connectivity index (χ2n) is 6.71. The minimum Gasteiger partial charge on any atom is -0.490 e. The summed E-state index contributed by atoms with van der Waals surface area (Å²) < 4.78 is 6.84. The van der Waals surface area contributed by atoms with Crippen LogP contribution in [0.2, 0.25) is 5.02 Å². The van der Waals surface area contributed by atoms with Gasteiger partial charge in [0.2, 0.25) is 5.91 Å². The van der Waals surface area contributed by atoms with E-state index in [4.69, 9.17) is 16.3 Å². The molecule has 2 aromatic heterocycles. The topological polar surface area (TPSA) is 98.8 Å². The molecule has 1 N–H and O–H groups in total. The van der Waals surface area contributed by atoms with E-state index >= 15 is 0 Å². The highest BCUT2D eigenvalue weighted by Gasteiger charge is 2.19. The number of carbonyl (C=O) groups is 1. The smallest absolute Gasteiger partial charge is 0.312 e. The average Bonchev–Trinajstić information content (AvgIpc) is 3.12. The number of aromatic nitrogens is 2. The number of pyridine rings is 1. The number of halogens is 1. The molecule has 156 valence electrons. The number of hydrogen-bond acceptors (Lipinski definition) is 5. The monoisotopic (exact) mass is 436 g/mol. The summed E-state index contributed by atoms with van der Waals surface area (Å²) in [5.74, 6) is -0.213. The molecule has 0 aliphatic rings. The largest absolute Gasteiger partial charge is 0.490 e. The molecule has 4 rings (SSSR count). The Morgan fingerprint density at radius 1 is 1.19 bits per heavy atom. The van der Waals surface area contributed by atoms with Gasteiger partial charge in [0.25, 0.3) is 0 Å². The van der Waals surface area contributed by atoms with Gasteiger partial charge in [-0.2, -0.15) is 0 Å². The lowest BCUT2D eigenvalue weighted by Crippen LogP contribution is -2.16. The fourth-order valence-electron chi connectivity index (χ4n) is 3.32. The first-order chi connectivity index (χ1) is 15.0. The lowest BCUT2D eigenvalue weighted by Gasteiger charge is -2.09. The van der Waals surface area contributed by atoms with Crippen LogP contribution in [0.3, 0.4) is 0 Å². The van der Waals surface area contributed by atoms with Crippen LogP contribution in [0, 0.1) is 10.1 Å². The summed E-state index contributed by atoms with van der Waals surface area (Å²) in [6.07, 6.45) is 1.85. The molecule has 0 radical (unpaired) electrons. The summed E-state index contributed by atoms with van der Waals surface area (Å²) in [6.45, 7) is 0. The highest BCUT2D eigenvalue weighted by molar-refractivity contribution is 6.30. The van der Waals surface area contributed by atoms with Crippen LogP contribution in [-0.4, -0.2) is 27.3 Å². The number of amides is 1. The molecule has 9 heteroatoms. The van der Waals surface area contributed by atoms with Gasteiger partial charge in [0.15, 0.2) is 5.75 Å². The van der Waals surface area contributed by atoms with E-state index in [0.29, 0.717) is 27.7 Å². The third-order valence-corrected chi connectivity index (χ3v) is 4.99. The summed E-state index contributed by atoms with van der Waals surface area (Å²) in [5.41, 5.74) is 2.97. The Bertz CT molecular complexity index is 1280. The molecule has 1 amide bonds. The van der Waals surface area contributed by atoms with Crippen LogP contribution in [0.25, 0.3) is 16.9 Å². The SMILES string of the molecule is COc1ccc(NC(=O)Cc2c(-c3ccc(Cl)cc3)nc3ccccn23)cc1[N+](=O)[O-]. The van der Waals surface area contributed by atoms with E-state index in [9.17, 15) is 14.9 Å². The van der Waals surface area contributed by atoms with Crippen LogP contribution in [0.1, 0.15) is 5.69 Å². The number of nitro benzene ring substituents is 1. The summed E-state index contributed by atoms with van der Waals surface area (Å²) >= 11 is 6.00. The number of benzene rings is 2. The molecule has 0 atom stereocenters. The van der Waals surface area contributed by atoms with Crippen molar-refractivity contribution in [3.8, 4) is 17.0 Å². The Balaban J connectivity index is 1.66. The highest BCUT2D eigenvalue weighted by Crippen LogP contribution is 2.30. The second-order valence-corrected chi connectivity index (χ2v) is 7.15. The molecule has 4 aromatic rings. The molecular formula is C22H17ClN4O4. The zero-order valence-corrected chi connectivity index (χ0v) is 17.2. The number of imidazole rings is 1. The van der Waals surface area contributed by atoms with Crippen molar-refractivity contribution in [1.82, 2.24) is 9.38 Å². The highest BCUT2D eigenvalue weighted by atomic mass is 35.5. The Labute approximate surface area is 182 Å². The van der Waals surface area contributed by atoms with Crippen molar-refractivity contribution in [3.63, 3.8) is 0 Å². The van der Waals surface area contributed by atoms with Gasteiger partial charge < -0.3 is 14.5 Å². The number of nitrogens with one attached hydrogen (secondary N) is 1. The Morgan fingerprint density at radius 3 is 2.68 bits per heavy atom. The lowest BCUT2D eigenvalue weighted by atomic mass is 10.1. The zero-order valence-electron chi connectivity index (χ0n) is 16.4. The molecule has 0 saturated heterocycles. The lowest BCUT2D eigenvalue weighted by molar-refractivity contribution is -0.385. The normalized spacial score (nSPS) is 10.8. The number of hydrogen-bond donors (Lipinski definition) is 1. The predicted octanol–water partition coefficient (Wildman–Crippen LogP) is 4.75. The molecule has 31 heavy (non-hydrogen) atoms. The molecule has 0 saturated carbocycles. The summed E-state index contributed by atoms with van der Waals surface area (Å²) in [7, 11) is 1.35. The first-order valence-corrected chi connectivity index (χ1v) is 9.68. The molecule has 0 unspecified atom stereocenters. The van der Waals surface area contributed by atoms with Crippen LogP contribution >= 0.6 is 11.6 Å². The molecule has 0 spiro atoms. The van der Waals surface area contributed by atoms with Gasteiger partial charge in [0, 0.05) is 28.5 Å². The van der Waals surface area contributed by atoms with Crippen molar-refractivity contribution < 1.29 is 14.5 Å². The third-order valence-electron chi connectivity index (χ3n) is 4.73. The first-order valence-electron chi connectivity index (χ1n) is 9.30. The zero-order chi connectivity index (χ0) is 22.0. The van der Waals surface area contributed by atoms with Crippen molar-refractivity contribution in [2.45, 2.75) is 6.42 Å². The van der Waals surface area contributed by atoms with E-state index in [1.165, 1.54) is 19.2 Å². The molecule has 0 fully saturated rings. The fraction of sp³-hybridized carbons (Fsp3) is 0.0909. The minimum atomic E-state index is -0.558. The predicted molar refractivity (Wildman–Crippen MR) is 118 cm³/mol. The minimum absolute atomic E-state index is 0.0168. The van der Waals surface area contributed by atoms with Crippen molar-refractivity contribution >= 4 is 34.5 Å². The quantitative estimate of drug-likeness (QED) is 0.347. The van der Waals surface area contributed by atoms with Crippen LogP contribution in [0.5, 0.6) is 5.75 Å². The molecule has 8 nitrogen and oxygen atoms in total. The summed E-state index contributed by atoms with van der Waals surface area (Å²) in [4.78, 5) is 28.2. The Kier molecular flexibility index (Phi) is 5.55. The molecule has 0 aliphatic carbocycles. The van der Waals surface area contributed by atoms with Gasteiger partial charge in [-0.3, -0.25) is 14.9 Å². The first kappa shape index (κ1) is 20.4. The molecule has 2 aromatic carbocycles. The summed E-state index contributed by atoms with van der Waals surface area (Å²) in [5, 5.41) is 14.6. The van der Waals surface area contributed by atoms with Gasteiger partial charge >= 0.3 is 5.69 Å². The number of fused-ring (bicyclic) bond motifs is 1. The number of anilines is 1. The standard InChI is InChI=1S/C22H17ClN4O4/c1-31-19-10-9-16(12-17(19)27(29)30)24-21(28)13-18-22(14-5-7-15(23)8-6-14)25-20-4-2-3-11-26(18)20/h2-12H,13H2,1H3,(H,24,28). The van der Waals surface area contributed by atoms with E-state index in [1.54, 1.807) is 18.2 Å². The van der Waals surface area contributed by atoms with E-state index in [-0.39, 0.29) is 23.8 Å². The Morgan fingerprint density at radius 2 is 1.97 bits per heavy atom. The van der Waals surface area contributed by atoms with Crippen LogP contribution in [0.4, 0.5) is 11.4 Å². The number of nitro groups is 1. The van der Waals surface area contributed by atoms with E-state index in [2.05, 4.69) is 10.3 Å². The number of rotatable bonds is 6. The van der Waals surface area contributed by atoms with Gasteiger partial charge in [0.05, 0.1) is 29.8 Å². The maximum Gasteiger partial charge on any atom is 0.312 e. The van der Waals surface area contributed by atoms with Gasteiger partial charge in [-0.1, -0.05) is 29.8 Å². The third kappa shape index (κ3) is 4.19. The fourth-order valence-corrected chi connectivity index (χ4v) is 3.45. The maximum atomic E-state index is 12.8. The second kappa shape index (κ2) is 8.45. The molecule has 2 heterocycles. The van der Waals surface area contributed by atoms with E-state index in [0.717, 1.165) is 5.56 Å². The molecular weight excluding hydrogens is 420 g/mol. The van der Waals surface area contributed by atoms with Gasteiger partial charge in [-0.15, -0.1) is 0 Å². The van der Waals surface area contributed by atoms with E-state index < -0.39 is 4.92 Å². The maximum absolute atomic E-state index is 12.8. The molecule has 0 bridgehead atoms.